The van der Waals surface area contributed by atoms with E-state index in [1.165, 1.54) is 17.4 Å². The zero-order chi connectivity index (χ0) is 23.2. The first-order chi connectivity index (χ1) is 15.0. The summed E-state index contributed by atoms with van der Waals surface area (Å²) in [5.74, 6) is 0. The predicted molar refractivity (Wildman–Crippen MR) is 119 cm³/mol. The van der Waals surface area contributed by atoms with Crippen molar-refractivity contribution in [2.75, 3.05) is 11.1 Å². The lowest BCUT2D eigenvalue weighted by molar-refractivity contribution is -0.396. The minimum Gasteiger partial charge on any atom is -0.267 e. The van der Waals surface area contributed by atoms with E-state index in [4.69, 9.17) is 0 Å². The maximum Gasteiger partial charge on any atom is 0.290 e. The number of non-ortho nitro benzene ring substituents is 1. The Bertz CT molecular complexity index is 1440. The van der Waals surface area contributed by atoms with Crippen LogP contribution in [0.15, 0.2) is 33.0 Å². The summed E-state index contributed by atoms with van der Waals surface area (Å²) in [6, 6.07) is 3.06. The Morgan fingerprint density at radius 3 is 2.56 bits per heavy atom. The normalized spacial score (nSPS) is 13.7. The molecule has 1 aliphatic rings. The molecule has 0 fully saturated rings. The molecule has 1 aromatic carbocycles. The van der Waals surface area contributed by atoms with Crippen molar-refractivity contribution in [1.29, 1.82) is 0 Å². The largest absolute Gasteiger partial charge is 0.290 e. The molecule has 0 bridgehead atoms. The number of nitro benzene ring substituents is 2. The van der Waals surface area contributed by atoms with Crippen molar-refractivity contribution in [3.05, 3.63) is 59.2 Å². The Balaban J connectivity index is 1.92. The van der Waals surface area contributed by atoms with Gasteiger partial charge in [-0.2, -0.15) is 4.68 Å². The Kier molecular flexibility index (Phi) is 5.64. The maximum atomic E-state index is 13.3. The van der Waals surface area contributed by atoms with Crippen LogP contribution in [0.3, 0.4) is 0 Å². The van der Waals surface area contributed by atoms with Crippen LogP contribution >= 0.6 is 23.1 Å². The summed E-state index contributed by atoms with van der Waals surface area (Å²) in [5, 5.41) is 22.7. The van der Waals surface area contributed by atoms with E-state index in [2.05, 4.69) is 9.82 Å². The number of hydrogen-bond acceptors (Lipinski definition) is 10. The van der Waals surface area contributed by atoms with Crippen LogP contribution in [0.2, 0.25) is 0 Å². The van der Waals surface area contributed by atoms with Gasteiger partial charge in [0.05, 0.1) is 32.5 Å². The van der Waals surface area contributed by atoms with E-state index in [0.29, 0.717) is 28.4 Å². The fraction of sp³-hybridized carbons (Fsp3) is 0.294. The second kappa shape index (κ2) is 8.14. The first kappa shape index (κ1) is 22.2. The number of hydrogen-bond donors (Lipinski definition) is 1. The van der Waals surface area contributed by atoms with Gasteiger partial charge in [-0.05, 0) is 49.1 Å². The third-order valence-corrected chi connectivity index (χ3v) is 7.49. The molecule has 0 atom stereocenters. The number of aromatic nitrogens is 2. The van der Waals surface area contributed by atoms with Gasteiger partial charge in [0.1, 0.15) is 4.83 Å². The number of nitro groups is 2. The molecule has 0 aliphatic heterocycles. The lowest BCUT2D eigenvalue weighted by Gasteiger charge is -2.14. The number of benzene rings is 1. The van der Waals surface area contributed by atoms with Crippen molar-refractivity contribution >= 4 is 54.7 Å². The molecule has 15 heteroatoms. The summed E-state index contributed by atoms with van der Waals surface area (Å²) in [5.41, 5.74) is -0.792. The molecule has 2 heterocycles. The molecule has 0 saturated carbocycles. The van der Waals surface area contributed by atoms with E-state index in [9.17, 15) is 33.4 Å². The second-order valence-electron chi connectivity index (χ2n) is 7.06. The molecule has 2 aromatic heterocycles. The van der Waals surface area contributed by atoms with Crippen LogP contribution in [0.25, 0.3) is 10.2 Å². The van der Waals surface area contributed by atoms with Gasteiger partial charge in [-0.25, -0.2) is 18.2 Å². The van der Waals surface area contributed by atoms with Crippen molar-refractivity contribution in [2.24, 2.45) is 0 Å². The highest BCUT2D eigenvalue weighted by Crippen LogP contribution is 2.38. The Hall–Kier alpha value is -3.04. The number of nitrogens with zero attached hydrogens (tertiary/aromatic N) is 4. The highest BCUT2D eigenvalue weighted by Gasteiger charge is 2.26. The molecule has 1 aliphatic carbocycles. The van der Waals surface area contributed by atoms with E-state index in [-0.39, 0.29) is 10.1 Å². The third kappa shape index (κ3) is 4.18. The molecule has 0 unspecified atom stereocenters. The molecule has 168 valence electrons. The van der Waals surface area contributed by atoms with E-state index in [1.807, 2.05) is 0 Å². The van der Waals surface area contributed by atoms with Gasteiger partial charge < -0.3 is 0 Å². The first-order valence-corrected chi connectivity index (χ1v) is 12.7. The summed E-state index contributed by atoms with van der Waals surface area (Å²) in [6.07, 6.45) is 4.24. The van der Waals surface area contributed by atoms with Crippen LogP contribution in [0.1, 0.15) is 23.3 Å². The van der Waals surface area contributed by atoms with Crippen LogP contribution < -0.4 is 10.4 Å². The molecule has 0 saturated heterocycles. The Labute approximate surface area is 188 Å². The Morgan fingerprint density at radius 1 is 1.19 bits per heavy atom. The molecule has 0 spiro atoms. The lowest BCUT2D eigenvalue weighted by atomic mass is 9.97. The molecule has 3 aromatic rings. The molecule has 12 nitrogen and oxygen atoms in total. The van der Waals surface area contributed by atoms with Gasteiger partial charge in [-0.3, -0.25) is 25.0 Å². The number of nitrogens with one attached hydrogen (secondary N) is 1. The molecule has 0 radical (unpaired) electrons. The van der Waals surface area contributed by atoms with Gasteiger partial charge >= 0.3 is 0 Å². The zero-order valence-corrected chi connectivity index (χ0v) is 18.9. The van der Waals surface area contributed by atoms with Crippen LogP contribution in [0.4, 0.5) is 11.4 Å². The average Bonchev–Trinajstić information content (AvgIpc) is 3.08. The summed E-state index contributed by atoms with van der Waals surface area (Å²) in [6.45, 7) is 0. The molecular formula is C17H15N5O7S3. The molecule has 32 heavy (non-hydrogen) atoms. The maximum absolute atomic E-state index is 13.3. The number of rotatable bonds is 6. The molecule has 4 rings (SSSR count). The van der Waals surface area contributed by atoms with Crippen LogP contribution in [-0.4, -0.2) is 34.2 Å². The van der Waals surface area contributed by atoms with E-state index < -0.39 is 36.8 Å². The van der Waals surface area contributed by atoms with Crippen LogP contribution in [0, 0.1) is 20.2 Å². The summed E-state index contributed by atoms with van der Waals surface area (Å²) < 4.78 is 24.6. The number of fused-ring (bicyclic) bond motifs is 3. The van der Waals surface area contributed by atoms with Gasteiger partial charge in [0.2, 0.25) is 10.0 Å². The summed E-state index contributed by atoms with van der Waals surface area (Å²) in [4.78, 5) is 42.2. The van der Waals surface area contributed by atoms with Gasteiger partial charge in [-0.15, -0.1) is 11.3 Å². The van der Waals surface area contributed by atoms with Crippen LogP contribution in [-0.2, 0) is 22.9 Å². The van der Waals surface area contributed by atoms with Crippen molar-refractivity contribution < 1.29 is 18.3 Å². The molecular weight excluding hydrogens is 482 g/mol. The summed E-state index contributed by atoms with van der Waals surface area (Å²) in [7, 11) is -3.89. The summed E-state index contributed by atoms with van der Waals surface area (Å²) >= 11 is 2.02. The van der Waals surface area contributed by atoms with Crippen molar-refractivity contribution in [2.45, 2.75) is 35.7 Å². The number of aryl methyl sites for hydroxylation is 2. The van der Waals surface area contributed by atoms with Crippen molar-refractivity contribution in [1.82, 2.24) is 9.66 Å². The van der Waals surface area contributed by atoms with Gasteiger partial charge in [0.25, 0.3) is 16.9 Å². The van der Waals surface area contributed by atoms with Gasteiger partial charge in [0.15, 0.2) is 5.16 Å². The number of sulfonamides is 1. The fourth-order valence-electron chi connectivity index (χ4n) is 3.45. The average molecular weight is 498 g/mol. The SMILES string of the molecule is CS(=O)(=O)Nn1c(Sc2ccc([N+](=O)[O-])cc2[N+](=O)[O-])nc2sc3c(c2c1=O)CCCC3. The highest BCUT2D eigenvalue weighted by molar-refractivity contribution is 7.99. The quantitative estimate of drug-likeness (QED) is 0.306. The van der Waals surface area contributed by atoms with E-state index in [1.54, 1.807) is 0 Å². The standard InChI is InChI=1S/C17H15N5O7S3/c1-32(28,29)19-20-16(23)14-10-4-2-3-5-12(10)30-15(14)18-17(20)31-13-7-6-9(21(24)25)8-11(13)22(26)27/h6-8,19H,2-5H2,1H3. The molecule has 1 N–H and O–H groups in total. The topological polar surface area (TPSA) is 167 Å². The Morgan fingerprint density at radius 2 is 1.91 bits per heavy atom. The number of thiophene rings is 1. The zero-order valence-electron chi connectivity index (χ0n) is 16.4. The van der Waals surface area contributed by atoms with E-state index >= 15 is 0 Å². The van der Waals surface area contributed by atoms with Gasteiger partial charge in [0, 0.05) is 10.9 Å². The van der Waals surface area contributed by atoms with Gasteiger partial charge in [-0.1, -0.05) is 0 Å². The monoisotopic (exact) mass is 497 g/mol. The smallest absolute Gasteiger partial charge is 0.267 e. The van der Waals surface area contributed by atoms with Crippen LogP contribution in [0.5, 0.6) is 0 Å². The highest BCUT2D eigenvalue weighted by atomic mass is 32.2. The third-order valence-electron chi connectivity index (χ3n) is 4.77. The van der Waals surface area contributed by atoms with E-state index in [0.717, 1.165) is 52.8 Å². The minimum absolute atomic E-state index is 0.0304. The lowest BCUT2D eigenvalue weighted by Crippen LogP contribution is -2.34. The first-order valence-electron chi connectivity index (χ1n) is 9.21. The predicted octanol–water partition coefficient (Wildman–Crippen LogP) is 2.81. The second-order valence-corrected chi connectivity index (χ2v) is 10.9. The fourth-order valence-corrected chi connectivity index (χ4v) is 6.24. The minimum atomic E-state index is -3.89. The van der Waals surface area contributed by atoms with Crippen molar-refractivity contribution in [3.63, 3.8) is 0 Å². The molecule has 0 amide bonds. The van der Waals surface area contributed by atoms with Crippen molar-refractivity contribution in [3.8, 4) is 0 Å².